The van der Waals surface area contributed by atoms with Crippen LogP contribution in [0.2, 0.25) is 0 Å². The number of sulfone groups is 1. The van der Waals surface area contributed by atoms with E-state index in [1.165, 1.54) is 0 Å². The molecular weight excluding hydrogens is 424 g/mol. The molecule has 0 N–H and O–H groups in total. The summed E-state index contributed by atoms with van der Waals surface area (Å²) >= 11 is 5.63. The van der Waals surface area contributed by atoms with Crippen LogP contribution in [0.5, 0.6) is 11.5 Å². The van der Waals surface area contributed by atoms with Gasteiger partial charge in [0.05, 0.1) is 32.4 Å². The number of aromatic nitrogens is 3. The lowest BCUT2D eigenvalue weighted by molar-refractivity contribution is 0.186. The van der Waals surface area contributed by atoms with Crippen LogP contribution >= 0.6 is 12.2 Å². The van der Waals surface area contributed by atoms with Gasteiger partial charge in [-0.05, 0) is 49.7 Å². The number of ether oxygens (including phenoxy) is 2. The van der Waals surface area contributed by atoms with E-state index in [1.54, 1.807) is 14.2 Å². The summed E-state index contributed by atoms with van der Waals surface area (Å²) in [5.74, 6) is 2.69. The molecule has 1 aromatic heterocycles. The summed E-state index contributed by atoms with van der Waals surface area (Å²) in [4.78, 5) is 2.34. The summed E-state index contributed by atoms with van der Waals surface area (Å²) in [5, 5.41) is 4.74. The van der Waals surface area contributed by atoms with E-state index in [1.807, 2.05) is 34.5 Å². The molecule has 8 nitrogen and oxygen atoms in total. The largest absolute Gasteiger partial charge is 0.497 e. The zero-order valence-corrected chi connectivity index (χ0v) is 19.2. The second-order valence-electron chi connectivity index (χ2n) is 8.02. The zero-order valence-electron chi connectivity index (χ0n) is 17.6. The minimum absolute atomic E-state index is 0.0872. The van der Waals surface area contributed by atoms with Crippen LogP contribution < -0.4 is 9.47 Å². The highest BCUT2D eigenvalue weighted by molar-refractivity contribution is 7.91. The van der Waals surface area contributed by atoms with E-state index < -0.39 is 9.84 Å². The average molecular weight is 453 g/mol. The van der Waals surface area contributed by atoms with E-state index in [0.29, 0.717) is 17.9 Å². The fourth-order valence-electron chi connectivity index (χ4n) is 4.57. The Hall–Kier alpha value is -1.91. The van der Waals surface area contributed by atoms with Crippen LogP contribution in [-0.2, 0) is 23.6 Å². The first kappa shape index (κ1) is 21.3. The summed E-state index contributed by atoms with van der Waals surface area (Å²) in [7, 11) is 2.24. The fraction of sp³-hybridized carbons (Fsp3) is 0.600. The standard InChI is InChI=1S/C20H28N4O4S2/c1-22-19(14-8-10-30(25,26)12-14)21-24(20(22)29)13-23-9-4-5-17(23)16-11-15(27-2)6-7-18(16)28-3/h6-7,11,14,17H,4-5,8-10,12-13H2,1-3H3/t14-,17+/m1/s1. The van der Waals surface area contributed by atoms with E-state index in [0.717, 1.165) is 42.3 Å². The maximum atomic E-state index is 11.9. The first-order chi connectivity index (χ1) is 14.3. The molecule has 0 unspecified atom stereocenters. The van der Waals surface area contributed by atoms with E-state index in [9.17, 15) is 8.42 Å². The van der Waals surface area contributed by atoms with E-state index in [2.05, 4.69) is 4.90 Å². The third kappa shape index (κ3) is 4.00. The summed E-state index contributed by atoms with van der Waals surface area (Å²) in [6.45, 7) is 1.48. The normalized spacial score (nSPS) is 23.7. The second kappa shape index (κ2) is 8.32. The molecule has 2 aliphatic heterocycles. The molecule has 0 aliphatic carbocycles. The lowest BCUT2D eigenvalue weighted by Crippen LogP contribution is -2.27. The van der Waals surface area contributed by atoms with E-state index in [-0.39, 0.29) is 23.5 Å². The molecule has 30 heavy (non-hydrogen) atoms. The van der Waals surface area contributed by atoms with Crippen molar-refractivity contribution in [1.82, 2.24) is 19.2 Å². The number of benzene rings is 1. The van der Waals surface area contributed by atoms with Crippen molar-refractivity contribution in [2.45, 2.75) is 37.9 Å². The minimum Gasteiger partial charge on any atom is -0.497 e. The van der Waals surface area contributed by atoms with Gasteiger partial charge in [-0.1, -0.05) is 0 Å². The monoisotopic (exact) mass is 452 g/mol. The maximum Gasteiger partial charge on any atom is 0.198 e. The number of rotatable bonds is 6. The van der Waals surface area contributed by atoms with Crippen molar-refractivity contribution < 1.29 is 17.9 Å². The van der Waals surface area contributed by atoms with Crippen molar-refractivity contribution in [3.63, 3.8) is 0 Å². The van der Waals surface area contributed by atoms with Gasteiger partial charge in [-0.15, -0.1) is 0 Å². The Bertz CT molecular complexity index is 1090. The third-order valence-electron chi connectivity index (χ3n) is 6.15. The van der Waals surface area contributed by atoms with Crippen molar-refractivity contribution in [2.24, 2.45) is 7.05 Å². The van der Waals surface area contributed by atoms with Crippen molar-refractivity contribution in [3.8, 4) is 11.5 Å². The molecule has 0 bridgehead atoms. The van der Waals surface area contributed by atoms with Crippen LogP contribution in [0.3, 0.4) is 0 Å². The average Bonchev–Trinajstić information content (AvgIpc) is 3.41. The predicted octanol–water partition coefficient (Wildman–Crippen LogP) is 2.66. The molecule has 2 aromatic rings. The van der Waals surface area contributed by atoms with Crippen LogP contribution in [0.15, 0.2) is 18.2 Å². The number of nitrogens with zero attached hydrogens (tertiary/aromatic N) is 4. The van der Waals surface area contributed by atoms with Gasteiger partial charge in [-0.3, -0.25) is 4.90 Å². The summed E-state index contributed by atoms with van der Waals surface area (Å²) in [6.07, 6.45) is 2.69. The van der Waals surface area contributed by atoms with Crippen molar-refractivity contribution in [2.75, 3.05) is 32.3 Å². The topological polar surface area (TPSA) is 78.6 Å². The molecule has 0 radical (unpaired) electrons. The molecular formula is C20H28N4O4S2. The lowest BCUT2D eigenvalue weighted by Gasteiger charge is -2.26. The van der Waals surface area contributed by atoms with Gasteiger partial charge < -0.3 is 14.0 Å². The van der Waals surface area contributed by atoms with Gasteiger partial charge in [0.1, 0.15) is 17.3 Å². The van der Waals surface area contributed by atoms with Crippen LogP contribution in [0.1, 0.15) is 42.6 Å². The van der Waals surface area contributed by atoms with Gasteiger partial charge in [-0.2, -0.15) is 5.10 Å². The molecule has 1 aromatic carbocycles. The highest BCUT2D eigenvalue weighted by atomic mass is 32.2. The summed E-state index contributed by atoms with van der Waals surface area (Å²) in [6, 6.07) is 6.05. The molecule has 0 amide bonds. The molecule has 0 spiro atoms. The van der Waals surface area contributed by atoms with E-state index >= 15 is 0 Å². The summed E-state index contributed by atoms with van der Waals surface area (Å²) < 4.78 is 39.1. The van der Waals surface area contributed by atoms with Gasteiger partial charge in [0, 0.05) is 31.1 Å². The Morgan fingerprint density at radius 1 is 1.23 bits per heavy atom. The Kier molecular flexibility index (Phi) is 5.91. The lowest BCUT2D eigenvalue weighted by atomic mass is 10.0. The first-order valence-electron chi connectivity index (χ1n) is 10.1. The maximum absolute atomic E-state index is 11.9. The van der Waals surface area contributed by atoms with Crippen molar-refractivity contribution >= 4 is 22.1 Å². The zero-order chi connectivity index (χ0) is 21.5. The molecule has 2 aliphatic rings. The molecule has 3 heterocycles. The van der Waals surface area contributed by atoms with Gasteiger partial charge in [-0.25, -0.2) is 13.1 Å². The molecule has 10 heteroatoms. The first-order valence-corrected chi connectivity index (χ1v) is 12.4. The van der Waals surface area contributed by atoms with Gasteiger partial charge in [0.25, 0.3) is 0 Å². The van der Waals surface area contributed by atoms with E-state index in [4.69, 9.17) is 26.8 Å². The fourth-order valence-corrected chi connectivity index (χ4v) is 6.50. The molecule has 2 fully saturated rings. The number of methoxy groups -OCH3 is 2. The molecule has 164 valence electrons. The Labute approximate surface area is 182 Å². The van der Waals surface area contributed by atoms with Crippen LogP contribution in [0.25, 0.3) is 0 Å². The molecule has 2 saturated heterocycles. The SMILES string of the molecule is COc1ccc(OC)c([C@@H]2CCCN2Cn2nc([C@@H]3CCS(=O)(=O)C3)n(C)c2=S)c1. The van der Waals surface area contributed by atoms with Gasteiger partial charge >= 0.3 is 0 Å². The smallest absolute Gasteiger partial charge is 0.198 e. The van der Waals surface area contributed by atoms with Crippen molar-refractivity contribution in [1.29, 1.82) is 0 Å². The highest BCUT2D eigenvalue weighted by Gasteiger charge is 2.34. The van der Waals surface area contributed by atoms with Gasteiger partial charge in [0.15, 0.2) is 14.6 Å². The van der Waals surface area contributed by atoms with Gasteiger partial charge in [0.2, 0.25) is 0 Å². The third-order valence-corrected chi connectivity index (χ3v) is 8.40. The van der Waals surface area contributed by atoms with Crippen LogP contribution in [-0.4, -0.2) is 59.9 Å². The number of likely N-dealkylation sites (tertiary alicyclic amines) is 1. The number of hydrogen-bond acceptors (Lipinski definition) is 7. The summed E-state index contributed by atoms with van der Waals surface area (Å²) in [5.41, 5.74) is 1.10. The molecule has 0 saturated carbocycles. The molecule has 4 rings (SSSR count). The highest BCUT2D eigenvalue weighted by Crippen LogP contribution is 2.39. The minimum atomic E-state index is -2.98. The van der Waals surface area contributed by atoms with Crippen molar-refractivity contribution in [3.05, 3.63) is 34.4 Å². The van der Waals surface area contributed by atoms with Crippen LogP contribution in [0.4, 0.5) is 0 Å². The Balaban J connectivity index is 1.60. The Morgan fingerprint density at radius 2 is 2.03 bits per heavy atom. The number of hydrogen-bond donors (Lipinski definition) is 0. The Morgan fingerprint density at radius 3 is 2.70 bits per heavy atom. The predicted molar refractivity (Wildman–Crippen MR) is 116 cm³/mol. The molecule has 2 atom stereocenters. The quantitative estimate of drug-likeness (QED) is 0.624. The second-order valence-corrected chi connectivity index (χ2v) is 10.6. The van der Waals surface area contributed by atoms with Crippen LogP contribution in [0, 0.1) is 4.77 Å².